The van der Waals surface area contributed by atoms with Gasteiger partial charge in [-0.3, -0.25) is 18.9 Å². The fraction of sp³-hybridized carbons (Fsp3) is 0.762. The van der Waals surface area contributed by atoms with E-state index in [4.69, 9.17) is 4.55 Å². The van der Waals surface area contributed by atoms with Crippen molar-refractivity contribution in [3.63, 3.8) is 0 Å². The molecule has 0 saturated heterocycles. The predicted octanol–water partition coefficient (Wildman–Crippen LogP) is 1.82. The number of carbonyl (C=O) groups is 3. The van der Waals surface area contributed by atoms with Crippen molar-refractivity contribution in [2.45, 2.75) is 64.4 Å². The minimum atomic E-state index is -4.81. The van der Waals surface area contributed by atoms with Crippen LogP contribution in [0, 0.1) is 28.6 Å². The molecule has 9 heteroatoms. The quantitative estimate of drug-likeness (QED) is 0.632. The van der Waals surface area contributed by atoms with Gasteiger partial charge in [0.25, 0.3) is 0 Å². The van der Waals surface area contributed by atoms with Crippen molar-refractivity contribution in [1.29, 1.82) is 0 Å². The minimum Gasteiger partial charge on any atom is -0.381 e. The van der Waals surface area contributed by atoms with Crippen LogP contribution in [0.4, 0.5) is 0 Å². The second kappa shape index (κ2) is 6.79. The Labute approximate surface area is 176 Å². The molecule has 0 unspecified atom stereocenters. The maximum Gasteiger partial charge on any atom is 0.397 e. The molecule has 6 atom stereocenters. The van der Waals surface area contributed by atoms with E-state index in [2.05, 4.69) is 11.1 Å². The number of ketones is 3. The van der Waals surface area contributed by atoms with Crippen LogP contribution >= 0.6 is 0 Å². The van der Waals surface area contributed by atoms with Gasteiger partial charge < -0.3 is 5.11 Å². The van der Waals surface area contributed by atoms with Crippen LogP contribution in [0.1, 0.15) is 58.8 Å². The van der Waals surface area contributed by atoms with E-state index < -0.39 is 33.8 Å². The molecule has 4 aliphatic carbocycles. The largest absolute Gasteiger partial charge is 0.397 e. The van der Waals surface area contributed by atoms with Gasteiger partial charge in [-0.15, -0.1) is 0 Å². The molecule has 0 bridgehead atoms. The van der Waals surface area contributed by atoms with E-state index in [1.165, 1.54) is 0 Å². The molecule has 4 rings (SSSR count). The van der Waals surface area contributed by atoms with Crippen LogP contribution in [-0.4, -0.2) is 47.6 Å². The normalized spacial score (nSPS) is 43.5. The summed E-state index contributed by atoms with van der Waals surface area (Å²) in [4.78, 5) is 38.1. The highest BCUT2D eigenvalue weighted by Crippen LogP contribution is 2.66. The van der Waals surface area contributed by atoms with Gasteiger partial charge in [-0.25, -0.2) is 4.18 Å². The molecule has 3 fully saturated rings. The first kappa shape index (κ1) is 21.8. The van der Waals surface area contributed by atoms with Crippen LogP contribution in [0.25, 0.3) is 0 Å². The monoisotopic (exact) mass is 440 g/mol. The van der Waals surface area contributed by atoms with Crippen LogP contribution < -0.4 is 0 Å². The Hall–Kier alpha value is -1.42. The minimum absolute atomic E-state index is 0.00378. The van der Waals surface area contributed by atoms with Gasteiger partial charge in [0.15, 0.2) is 11.6 Å². The molecule has 8 nitrogen and oxygen atoms in total. The number of carbonyl (C=O) groups excluding carboxylic acids is 3. The molecule has 3 saturated carbocycles. The SMILES string of the molecule is C[C@]12CCC(=O)C=C1CC[C@@H]1[C@@H]2C(=O)C[C@@]2(C)[C@H]1CC[C@@]2(O)C(=O)COS(=O)(=O)O. The van der Waals surface area contributed by atoms with Crippen LogP contribution in [0.2, 0.25) is 0 Å². The topological polar surface area (TPSA) is 135 Å². The molecule has 0 aromatic rings. The second-order valence-corrected chi connectivity index (χ2v) is 11.0. The maximum atomic E-state index is 13.4. The van der Waals surface area contributed by atoms with Crippen molar-refractivity contribution < 1.29 is 36.6 Å². The molecule has 30 heavy (non-hydrogen) atoms. The van der Waals surface area contributed by atoms with Gasteiger partial charge in [-0.2, -0.15) is 8.42 Å². The molecule has 166 valence electrons. The molecule has 0 amide bonds. The number of Topliss-reactive ketones (excluding diaryl/α,β-unsaturated/α-hetero) is 2. The number of fused-ring (bicyclic) bond motifs is 5. The Morgan fingerprint density at radius 2 is 1.90 bits per heavy atom. The lowest BCUT2D eigenvalue weighted by atomic mass is 9.46. The summed E-state index contributed by atoms with van der Waals surface area (Å²) in [5.41, 5.74) is -2.23. The maximum absolute atomic E-state index is 13.4. The number of aliphatic hydroxyl groups is 1. The van der Waals surface area contributed by atoms with Gasteiger partial charge in [-0.1, -0.05) is 19.4 Å². The number of hydrogen-bond donors (Lipinski definition) is 2. The van der Waals surface area contributed by atoms with E-state index in [9.17, 15) is 27.9 Å². The summed E-state index contributed by atoms with van der Waals surface area (Å²) in [5, 5.41) is 11.3. The number of allylic oxidation sites excluding steroid dienone is 1. The van der Waals surface area contributed by atoms with Crippen LogP contribution in [0.15, 0.2) is 11.6 Å². The zero-order chi connectivity index (χ0) is 22.1. The van der Waals surface area contributed by atoms with Crippen LogP contribution in [0.3, 0.4) is 0 Å². The molecule has 2 N–H and O–H groups in total. The fourth-order valence-electron chi connectivity index (χ4n) is 7.09. The molecule has 4 aliphatic rings. The van der Waals surface area contributed by atoms with Gasteiger partial charge in [0.1, 0.15) is 18.0 Å². The van der Waals surface area contributed by atoms with Crippen molar-refractivity contribution in [3.05, 3.63) is 11.6 Å². The zero-order valence-corrected chi connectivity index (χ0v) is 18.0. The van der Waals surface area contributed by atoms with Crippen LogP contribution in [-0.2, 0) is 29.0 Å². The standard InChI is InChI=1S/C21H28O8S/c1-19-7-5-13(22)9-12(19)3-4-14-15-6-8-21(25,17(24)11-29-30(26,27)28)20(15,2)10-16(23)18(14)19/h9,14-15,18,25H,3-8,10-11H2,1-2H3,(H,26,27,28)/t14-,15-,18+,19-,20-,21+/m0/s1. The molecule has 0 aliphatic heterocycles. The Kier molecular flexibility index (Phi) is 4.93. The van der Waals surface area contributed by atoms with Crippen molar-refractivity contribution >= 4 is 27.7 Å². The van der Waals surface area contributed by atoms with E-state index >= 15 is 0 Å². The molecule has 0 spiro atoms. The van der Waals surface area contributed by atoms with Crippen molar-refractivity contribution in [2.75, 3.05) is 6.61 Å². The second-order valence-electron chi connectivity index (χ2n) is 9.91. The summed E-state index contributed by atoms with van der Waals surface area (Å²) >= 11 is 0. The van der Waals surface area contributed by atoms with Crippen LogP contribution in [0.5, 0.6) is 0 Å². The summed E-state index contributed by atoms with van der Waals surface area (Å²) in [6.45, 7) is 2.84. The third-order valence-electron chi connectivity index (χ3n) is 8.61. The van der Waals surface area contributed by atoms with E-state index in [0.29, 0.717) is 19.3 Å². The number of hydrogen-bond acceptors (Lipinski definition) is 7. The summed E-state index contributed by atoms with van der Waals surface area (Å²) in [6.07, 6.45) is 4.90. The highest BCUT2D eigenvalue weighted by Gasteiger charge is 2.68. The van der Waals surface area contributed by atoms with Gasteiger partial charge in [-0.05, 0) is 55.4 Å². The van der Waals surface area contributed by atoms with Gasteiger partial charge in [0, 0.05) is 24.2 Å². The fourth-order valence-corrected chi connectivity index (χ4v) is 7.35. The first-order valence-electron chi connectivity index (χ1n) is 10.5. The van der Waals surface area contributed by atoms with Gasteiger partial charge in [0.2, 0.25) is 0 Å². The van der Waals surface area contributed by atoms with Crippen molar-refractivity contribution in [2.24, 2.45) is 28.6 Å². The average molecular weight is 441 g/mol. The first-order valence-corrected chi connectivity index (χ1v) is 11.8. The Balaban J connectivity index is 1.66. The Morgan fingerprint density at radius 1 is 1.20 bits per heavy atom. The average Bonchev–Trinajstić information content (AvgIpc) is 2.91. The lowest BCUT2D eigenvalue weighted by molar-refractivity contribution is -0.170. The van der Waals surface area contributed by atoms with E-state index in [1.807, 2.05) is 0 Å². The van der Waals surface area contributed by atoms with E-state index in [0.717, 1.165) is 18.4 Å². The molecule has 0 heterocycles. The van der Waals surface area contributed by atoms with Gasteiger partial charge in [0.05, 0.1) is 0 Å². The van der Waals surface area contributed by atoms with Crippen molar-refractivity contribution in [1.82, 2.24) is 0 Å². The third kappa shape index (κ3) is 3.04. The first-order chi connectivity index (χ1) is 13.8. The smallest absolute Gasteiger partial charge is 0.381 e. The van der Waals surface area contributed by atoms with Gasteiger partial charge >= 0.3 is 10.4 Å². The Bertz CT molecular complexity index is 952. The lowest BCUT2D eigenvalue weighted by Gasteiger charge is -2.57. The molecular weight excluding hydrogens is 412 g/mol. The number of rotatable bonds is 4. The molecular formula is C21H28O8S. The molecule has 0 aromatic carbocycles. The summed E-state index contributed by atoms with van der Waals surface area (Å²) in [7, 11) is -4.81. The highest BCUT2D eigenvalue weighted by atomic mass is 32.3. The third-order valence-corrected chi connectivity index (χ3v) is 9.02. The summed E-state index contributed by atoms with van der Waals surface area (Å²) in [5.74, 6) is -1.05. The van der Waals surface area contributed by atoms with Crippen molar-refractivity contribution in [3.8, 4) is 0 Å². The van der Waals surface area contributed by atoms with E-state index in [1.54, 1.807) is 13.0 Å². The summed E-state index contributed by atoms with van der Waals surface area (Å²) < 4.78 is 34.7. The zero-order valence-electron chi connectivity index (χ0n) is 17.2. The van der Waals surface area contributed by atoms with E-state index in [-0.39, 0.29) is 47.6 Å². The molecule has 0 aromatic heterocycles. The Morgan fingerprint density at radius 3 is 2.57 bits per heavy atom. The highest BCUT2D eigenvalue weighted by molar-refractivity contribution is 7.80. The molecule has 0 radical (unpaired) electrons. The lowest BCUT2D eigenvalue weighted by Crippen LogP contribution is -2.61. The predicted molar refractivity (Wildman–Crippen MR) is 105 cm³/mol. The summed E-state index contributed by atoms with van der Waals surface area (Å²) in [6, 6.07) is 0.